The van der Waals surface area contributed by atoms with E-state index in [0.29, 0.717) is 41.2 Å². The Labute approximate surface area is 202 Å². The van der Waals surface area contributed by atoms with Crippen LogP contribution in [0.5, 0.6) is 5.75 Å². The van der Waals surface area contributed by atoms with Crippen LogP contribution in [0.3, 0.4) is 0 Å². The number of nitrogens with one attached hydrogen (secondary N) is 2. The van der Waals surface area contributed by atoms with Gasteiger partial charge in [0.1, 0.15) is 5.75 Å². The lowest BCUT2D eigenvalue weighted by atomic mass is 10.2. The summed E-state index contributed by atoms with van der Waals surface area (Å²) in [5, 5.41) is 5.65. The van der Waals surface area contributed by atoms with E-state index in [1.165, 1.54) is 0 Å². The van der Waals surface area contributed by atoms with Crippen LogP contribution >= 0.6 is 28.1 Å². The van der Waals surface area contributed by atoms with Crippen LogP contribution in [-0.2, 0) is 10.0 Å². The van der Waals surface area contributed by atoms with E-state index in [1.807, 2.05) is 6.92 Å². The molecule has 0 saturated carbocycles. The first-order chi connectivity index (χ1) is 15.3. The van der Waals surface area contributed by atoms with Gasteiger partial charge in [-0.05, 0) is 90.4 Å². The van der Waals surface area contributed by atoms with E-state index in [2.05, 4.69) is 26.6 Å². The van der Waals surface area contributed by atoms with Crippen LogP contribution < -0.4 is 15.4 Å². The molecule has 172 valence electrons. The second-order valence-corrected chi connectivity index (χ2v) is 10.5. The van der Waals surface area contributed by atoms with Gasteiger partial charge in [-0.15, -0.1) is 0 Å². The molecule has 3 rings (SSSR count). The monoisotopic (exact) mass is 539 g/mol. The highest BCUT2D eigenvalue weighted by Crippen LogP contribution is 2.26. The number of thiocarbonyl (C=S) groups is 1. The number of amides is 1. The largest absolute Gasteiger partial charge is 0.493 e. The third kappa shape index (κ3) is 6.28. The van der Waals surface area contributed by atoms with Crippen LogP contribution in [0.15, 0.2) is 51.8 Å². The van der Waals surface area contributed by atoms with Gasteiger partial charge in [-0.2, -0.15) is 4.31 Å². The molecule has 2 N–H and O–H groups in total. The van der Waals surface area contributed by atoms with Gasteiger partial charge in [-0.25, -0.2) is 8.42 Å². The third-order valence-electron chi connectivity index (χ3n) is 5.04. The number of hydrogen-bond donors (Lipinski definition) is 2. The van der Waals surface area contributed by atoms with E-state index in [-0.39, 0.29) is 15.9 Å². The highest BCUT2D eigenvalue weighted by atomic mass is 79.9. The van der Waals surface area contributed by atoms with Gasteiger partial charge in [-0.3, -0.25) is 10.1 Å². The molecule has 1 heterocycles. The van der Waals surface area contributed by atoms with Crippen molar-refractivity contribution in [3.63, 3.8) is 0 Å². The number of ether oxygens (including phenoxy) is 1. The first-order valence-corrected chi connectivity index (χ1v) is 13.1. The molecule has 1 fully saturated rings. The van der Waals surface area contributed by atoms with E-state index in [4.69, 9.17) is 17.0 Å². The molecule has 1 aliphatic rings. The fourth-order valence-corrected chi connectivity index (χ4v) is 5.61. The highest BCUT2D eigenvalue weighted by molar-refractivity contribution is 9.10. The predicted octanol–water partition coefficient (Wildman–Crippen LogP) is 4.54. The second kappa shape index (κ2) is 11.2. The van der Waals surface area contributed by atoms with Crippen LogP contribution in [0, 0.1) is 0 Å². The molecular weight excluding hydrogens is 514 g/mol. The van der Waals surface area contributed by atoms with E-state index < -0.39 is 10.0 Å². The summed E-state index contributed by atoms with van der Waals surface area (Å²) >= 11 is 8.62. The van der Waals surface area contributed by atoms with Gasteiger partial charge in [0, 0.05) is 24.3 Å². The zero-order chi connectivity index (χ0) is 23.1. The molecule has 0 atom stereocenters. The summed E-state index contributed by atoms with van der Waals surface area (Å²) in [6.45, 7) is 3.52. The number of halogens is 1. The smallest absolute Gasteiger partial charge is 0.257 e. The number of carbonyl (C=O) groups excluding carboxylic acids is 1. The topological polar surface area (TPSA) is 87.7 Å². The van der Waals surface area contributed by atoms with Crippen molar-refractivity contribution in [2.24, 2.45) is 0 Å². The van der Waals surface area contributed by atoms with Crippen molar-refractivity contribution in [3.8, 4) is 5.75 Å². The molecule has 0 aliphatic carbocycles. The van der Waals surface area contributed by atoms with Crippen LogP contribution in [0.1, 0.15) is 43.0 Å². The molecule has 2 aromatic carbocycles. The van der Waals surface area contributed by atoms with Crippen LogP contribution in [0.4, 0.5) is 5.69 Å². The molecule has 32 heavy (non-hydrogen) atoms. The molecule has 10 heteroatoms. The Morgan fingerprint density at radius 2 is 1.75 bits per heavy atom. The van der Waals surface area contributed by atoms with Crippen molar-refractivity contribution < 1.29 is 17.9 Å². The minimum atomic E-state index is -3.51. The maximum atomic E-state index is 12.9. The molecule has 7 nitrogen and oxygen atoms in total. The van der Waals surface area contributed by atoms with E-state index in [9.17, 15) is 13.2 Å². The first kappa shape index (κ1) is 24.6. The van der Waals surface area contributed by atoms with Crippen molar-refractivity contribution in [2.75, 3.05) is 25.0 Å². The Bertz CT molecular complexity index is 1070. The number of benzene rings is 2. The van der Waals surface area contributed by atoms with Crippen LogP contribution in [-0.4, -0.2) is 43.4 Å². The van der Waals surface area contributed by atoms with Gasteiger partial charge in [0.25, 0.3) is 5.91 Å². The van der Waals surface area contributed by atoms with E-state index >= 15 is 0 Å². The normalized spacial score (nSPS) is 14.9. The summed E-state index contributed by atoms with van der Waals surface area (Å²) in [6, 6.07) is 11.4. The average Bonchev–Trinajstić information content (AvgIpc) is 3.06. The number of anilines is 1. The Kier molecular flexibility index (Phi) is 8.64. The van der Waals surface area contributed by atoms with Crippen molar-refractivity contribution >= 4 is 54.9 Å². The zero-order valence-corrected chi connectivity index (χ0v) is 21.0. The molecule has 0 aromatic heterocycles. The lowest BCUT2D eigenvalue weighted by molar-refractivity contribution is 0.0977. The maximum Gasteiger partial charge on any atom is 0.257 e. The fraction of sp³-hybridized carbons (Fsp3) is 0.364. The van der Waals surface area contributed by atoms with Crippen molar-refractivity contribution in [1.29, 1.82) is 0 Å². The molecule has 2 aromatic rings. The molecule has 0 radical (unpaired) electrons. The summed E-state index contributed by atoms with van der Waals surface area (Å²) in [7, 11) is -3.51. The fourth-order valence-electron chi connectivity index (χ4n) is 3.39. The molecule has 0 spiro atoms. The molecule has 0 bridgehead atoms. The number of sulfonamides is 1. The van der Waals surface area contributed by atoms with Gasteiger partial charge in [0.2, 0.25) is 10.0 Å². The predicted molar refractivity (Wildman–Crippen MR) is 133 cm³/mol. The summed E-state index contributed by atoms with van der Waals surface area (Å²) in [6.07, 6.45) is 3.90. The molecule has 1 aliphatic heterocycles. The average molecular weight is 541 g/mol. The quantitative estimate of drug-likeness (QED) is 0.524. The summed E-state index contributed by atoms with van der Waals surface area (Å²) in [4.78, 5) is 12.7. The minimum Gasteiger partial charge on any atom is -0.493 e. The number of rotatable bonds is 6. The number of nitrogens with zero attached hydrogens (tertiary/aromatic N) is 1. The van der Waals surface area contributed by atoms with Crippen molar-refractivity contribution in [1.82, 2.24) is 9.62 Å². The van der Waals surface area contributed by atoms with E-state index in [0.717, 1.165) is 25.7 Å². The Hall–Kier alpha value is -2.01. The van der Waals surface area contributed by atoms with Gasteiger partial charge in [0.05, 0.1) is 16.0 Å². The molecule has 1 saturated heterocycles. The van der Waals surface area contributed by atoms with Gasteiger partial charge < -0.3 is 10.1 Å². The van der Waals surface area contributed by atoms with Crippen molar-refractivity contribution in [2.45, 2.75) is 37.5 Å². The second-order valence-electron chi connectivity index (χ2n) is 7.33. The zero-order valence-electron chi connectivity index (χ0n) is 17.8. The molecule has 1 amide bonds. The summed E-state index contributed by atoms with van der Waals surface area (Å²) in [5.41, 5.74) is 1.00. The Balaban J connectivity index is 1.61. The van der Waals surface area contributed by atoms with Gasteiger partial charge in [-0.1, -0.05) is 12.8 Å². The van der Waals surface area contributed by atoms with Gasteiger partial charge >= 0.3 is 0 Å². The van der Waals surface area contributed by atoms with Crippen molar-refractivity contribution in [3.05, 3.63) is 52.5 Å². The lowest BCUT2D eigenvalue weighted by Crippen LogP contribution is -2.34. The Morgan fingerprint density at radius 3 is 2.34 bits per heavy atom. The van der Waals surface area contributed by atoms with Gasteiger partial charge in [0.15, 0.2) is 5.11 Å². The first-order valence-electron chi connectivity index (χ1n) is 10.5. The third-order valence-corrected chi connectivity index (χ3v) is 7.77. The molecular formula is C22H26BrN3O4S2. The molecule has 0 unspecified atom stereocenters. The number of hydrogen-bond acceptors (Lipinski definition) is 5. The Morgan fingerprint density at radius 1 is 1.09 bits per heavy atom. The van der Waals surface area contributed by atoms with Crippen LogP contribution in [0.25, 0.3) is 0 Å². The SMILES string of the molecule is CCOc1ccc(C(=O)NC(=S)Nc2ccc(S(=O)(=O)N3CCCCCC3)cc2)cc1Br. The van der Waals surface area contributed by atoms with Crippen LogP contribution in [0.2, 0.25) is 0 Å². The lowest BCUT2D eigenvalue weighted by Gasteiger charge is -2.20. The summed E-state index contributed by atoms with van der Waals surface area (Å²) in [5.74, 6) is 0.284. The standard InChI is InChI=1S/C22H26BrN3O4S2/c1-2-30-20-12-7-16(15-19(20)23)21(27)25-22(31)24-17-8-10-18(11-9-17)32(28,29)26-13-5-3-4-6-14-26/h7-12,15H,2-6,13-14H2,1H3,(H2,24,25,27,31). The summed E-state index contributed by atoms with van der Waals surface area (Å²) < 4.78 is 33.4. The van der Waals surface area contributed by atoms with E-state index in [1.54, 1.807) is 46.8 Å². The number of carbonyl (C=O) groups is 1. The highest BCUT2D eigenvalue weighted by Gasteiger charge is 2.25. The minimum absolute atomic E-state index is 0.114. The maximum absolute atomic E-state index is 12.9.